The van der Waals surface area contributed by atoms with Gasteiger partial charge in [0.1, 0.15) is 12.3 Å². The molecule has 2 heterocycles. The standard InChI is InChI=1S/C24H38F3N3O5Si/c1-33-23(32)18-5-7-19(8-6-18)35-15-17-9-10-29(14-17)20-13-28-30(16-34-11-12-36(2,3)4)22(31)21(20)24(25,26)27/h13,17-19H,5-12,14-16H2,1-4H3. The number of anilines is 1. The van der Waals surface area contributed by atoms with E-state index in [1.165, 1.54) is 7.11 Å². The Morgan fingerprint density at radius 2 is 1.86 bits per heavy atom. The van der Waals surface area contributed by atoms with Crippen LogP contribution in [0.15, 0.2) is 11.0 Å². The van der Waals surface area contributed by atoms with Gasteiger partial charge in [-0.2, -0.15) is 18.3 Å². The Labute approximate surface area is 211 Å². The normalized spacial score (nSPS) is 23.2. The van der Waals surface area contributed by atoms with Gasteiger partial charge in [0.2, 0.25) is 0 Å². The largest absolute Gasteiger partial charge is 0.469 e. The first-order valence-corrected chi connectivity index (χ1v) is 16.3. The number of halogens is 3. The lowest BCUT2D eigenvalue weighted by atomic mass is 9.87. The predicted molar refractivity (Wildman–Crippen MR) is 132 cm³/mol. The van der Waals surface area contributed by atoms with E-state index < -0.39 is 25.4 Å². The lowest BCUT2D eigenvalue weighted by Crippen LogP contribution is -2.35. The summed E-state index contributed by atoms with van der Waals surface area (Å²) >= 11 is 0. The Morgan fingerprint density at radius 1 is 1.17 bits per heavy atom. The van der Waals surface area contributed by atoms with Crippen molar-refractivity contribution < 1.29 is 32.2 Å². The average molecular weight is 534 g/mol. The molecule has 3 rings (SSSR count). The SMILES string of the molecule is COC(=O)C1CCC(OCC2CCN(c3cnn(COCC[Si](C)(C)C)c(=O)c3C(F)(F)F)C2)CC1. The van der Waals surface area contributed by atoms with Crippen LogP contribution in [-0.4, -0.2) is 63.3 Å². The van der Waals surface area contributed by atoms with Crippen molar-refractivity contribution in [2.75, 3.05) is 38.3 Å². The number of nitrogens with zero attached hydrogens (tertiary/aromatic N) is 3. The van der Waals surface area contributed by atoms with Gasteiger partial charge in [-0.3, -0.25) is 9.59 Å². The molecular weight excluding hydrogens is 495 g/mol. The van der Waals surface area contributed by atoms with Gasteiger partial charge in [0.15, 0.2) is 0 Å². The van der Waals surface area contributed by atoms with Crippen molar-refractivity contribution in [2.24, 2.45) is 11.8 Å². The van der Waals surface area contributed by atoms with Gasteiger partial charge in [-0.15, -0.1) is 0 Å². The summed E-state index contributed by atoms with van der Waals surface area (Å²) in [6.45, 7) is 7.76. The quantitative estimate of drug-likeness (QED) is 0.254. The fourth-order valence-corrected chi connectivity index (χ4v) is 5.46. The summed E-state index contributed by atoms with van der Waals surface area (Å²) in [6.07, 6.45) is -0.0201. The Kier molecular flexibility index (Phi) is 9.61. The van der Waals surface area contributed by atoms with Gasteiger partial charge < -0.3 is 19.1 Å². The van der Waals surface area contributed by atoms with E-state index >= 15 is 0 Å². The smallest absolute Gasteiger partial charge is 0.423 e. The van der Waals surface area contributed by atoms with Crippen molar-refractivity contribution in [3.63, 3.8) is 0 Å². The number of methoxy groups -OCH3 is 1. The maximum Gasteiger partial charge on any atom is 0.423 e. The molecule has 1 saturated heterocycles. The summed E-state index contributed by atoms with van der Waals surface area (Å²) in [6, 6.07) is 0.843. The van der Waals surface area contributed by atoms with Crippen LogP contribution in [0, 0.1) is 11.8 Å². The number of carbonyl (C=O) groups excluding carboxylic acids is 1. The monoisotopic (exact) mass is 533 g/mol. The summed E-state index contributed by atoms with van der Waals surface area (Å²) < 4.78 is 58.8. The van der Waals surface area contributed by atoms with Crippen molar-refractivity contribution in [2.45, 2.75) is 76.8 Å². The Bertz CT molecular complexity index is 942. The highest BCUT2D eigenvalue weighted by Crippen LogP contribution is 2.36. The molecule has 12 heteroatoms. The number of carbonyl (C=O) groups is 1. The zero-order valence-corrected chi connectivity index (χ0v) is 22.6. The number of esters is 1. The Hall–Kier alpha value is -1.92. The molecule has 204 valence electrons. The summed E-state index contributed by atoms with van der Waals surface area (Å²) in [5.74, 6) is -0.219. The third kappa shape index (κ3) is 7.79. The number of hydrogen-bond donors (Lipinski definition) is 0. The molecule has 2 aliphatic rings. The first-order valence-electron chi connectivity index (χ1n) is 12.6. The van der Waals surface area contributed by atoms with Crippen LogP contribution in [0.5, 0.6) is 0 Å². The minimum Gasteiger partial charge on any atom is -0.469 e. The van der Waals surface area contributed by atoms with Crippen LogP contribution in [0.4, 0.5) is 18.9 Å². The van der Waals surface area contributed by atoms with Crippen LogP contribution in [-0.2, 0) is 31.9 Å². The molecular formula is C24H38F3N3O5Si. The van der Waals surface area contributed by atoms with Crippen LogP contribution in [0.3, 0.4) is 0 Å². The molecule has 1 aliphatic carbocycles. The molecule has 1 atom stereocenters. The third-order valence-electron chi connectivity index (χ3n) is 6.92. The van der Waals surface area contributed by atoms with Gasteiger partial charge in [-0.25, -0.2) is 4.68 Å². The van der Waals surface area contributed by atoms with Crippen LogP contribution in [0.2, 0.25) is 25.7 Å². The lowest BCUT2D eigenvalue weighted by molar-refractivity contribution is -0.147. The minimum absolute atomic E-state index is 0.0391. The molecule has 1 unspecified atom stereocenters. The van der Waals surface area contributed by atoms with Crippen molar-refractivity contribution in [3.05, 3.63) is 22.1 Å². The fraction of sp³-hybridized carbons (Fsp3) is 0.792. The van der Waals surface area contributed by atoms with Gasteiger partial charge >= 0.3 is 12.1 Å². The Morgan fingerprint density at radius 3 is 2.47 bits per heavy atom. The molecule has 1 saturated carbocycles. The summed E-state index contributed by atoms with van der Waals surface area (Å²) in [4.78, 5) is 26.0. The summed E-state index contributed by atoms with van der Waals surface area (Å²) in [7, 11) is 0.0315. The second kappa shape index (κ2) is 12.1. The van der Waals surface area contributed by atoms with Crippen molar-refractivity contribution >= 4 is 19.7 Å². The van der Waals surface area contributed by atoms with Crippen molar-refractivity contribution in [1.29, 1.82) is 0 Å². The highest BCUT2D eigenvalue weighted by Gasteiger charge is 2.41. The van der Waals surface area contributed by atoms with E-state index in [1.54, 1.807) is 4.90 Å². The first-order chi connectivity index (χ1) is 16.9. The van der Waals surface area contributed by atoms with E-state index in [-0.39, 0.29) is 36.3 Å². The summed E-state index contributed by atoms with van der Waals surface area (Å²) in [5.41, 5.74) is -2.57. The predicted octanol–water partition coefficient (Wildman–Crippen LogP) is 4.15. The second-order valence-corrected chi connectivity index (χ2v) is 16.6. The highest BCUT2D eigenvalue weighted by atomic mass is 28.3. The number of ether oxygens (including phenoxy) is 3. The van der Waals surface area contributed by atoms with Crippen LogP contribution in [0.25, 0.3) is 0 Å². The lowest BCUT2D eigenvalue weighted by Gasteiger charge is -2.28. The van der Waals surface area contributed by atoms with E-state index in [4.69, 9.17) is 14.2 Å². The maximum atomic E-state index is 13.9. The van der Waals surface area contributed by atoms with E-state index in [0.717, 1.165) is 29.8 Å². The van der Waals surface area contributed by atoms with E-state index in [1.807, 2.05) is 0 Å². The zero-order chi connectivity index (χ0) is 26.5. The van der Waals surface area contributed by atoms with Crippen LogP contribution < -0.4 is 10.5 Å². The van der Waals surface area contributed by atoms with Crippen LogP contribution >= 0.6 is 0 Å². The zero-order valence-electron chi connectivity index (χ0n) is 21.6. The Balaban J connectivity index is 1.58. The number of rotatable bonds is 10. The molecule has 2 fully saturated rings. The molecule has 1 aromatic heterocycles. The molecule has 0 radical (unpaired) electrons. The fourth-order valence-electron chi connectivity index (χ4n) is 4.70. The van der Waals surface area contributed by atoms with Gasteiger partial charge in [-0.05, 0) is 38.1 Å². The number of hydrogen-bond acceptors (Lipinski definition) is 7. The van der Waals surface area contributed by atoms with Crippen molar-refractivity contribution in [1.82, 2.24) is 9.78 Å². The van der Waals surface area contributed by atoms with E-state index in [9.17, 15) is 22.8 Å². The van der Waals surface area contributed by atoms with Gasteiger partial charge in [0.05, 0.1) is 37.6 Å². The van der Waals surface area contributed by atoms with Crippen LogP contribution in [0.1, 0.15) is 37.7 Å². The number of aromatic nitrogens is 2. The highest BCUT2D eigenvalue weighted by molar-refractivity contribution is 6.76. The topological polar surface area (TPSA) is 82.9 Å². The second-order valence-electron chi connectivity index (χ2n) is 11.0. The van der Waals surface area contributed by atoms with Crippen molar-refractivity contribution in [3.8, 4) is 0 Å². The molecule has 36 heavy (non-hydrogen) atoms. The first kappa shape index (κ1) is 28.6. The van der Waals surface area contributed by atoms with E-state index in [2.05, 4.69) is 24.7 Å². The maximum absolute atomic E-state index is 13.9. The molecule has 0 bridgehead atoms. The molecule has 0 spiro atoms. The molecule has 1 aliphatic heterocycles. The van der Waals surface area contributed by atoms with Gasteiger partial charge in [0.25, 0.3) is 5.56 Å². The molecule has 1 aromatic rings. The van der Waals surface area contributed by atoms with E-state index in [0.29, 0.717) is 45.6 Å². The molecule has 0 amide bonds. The van der Waals surface area contributed by atoms with Gasteiger partial charge in [0, 0.05) is 33.7 Å². The van der Waals surface area contributed by atoms with Gasteiger partial charge in [-0.1, -0.05) is 19.6 Å². The molecule has 0 aromatic carbocycles. The number of alkyl halides is 3. The average Bonchev–Trinajstić information content (AvgIpc) is 3.28. The third-order valence-corrected chi connectivity index (χ3v) is 8.62. The minimum atomic E-state index is -4.80. The molecule has 8 nitrogen and oxygen atoms in total. The summed E-state index contributed by atoms with van der Waals surface area (Å²) in [5, 5.41) is 3.98. The molecule has 0 N–H and O–H groups in total.